The predicted octanol–water partition coefficient (Wildman–Crippen LogP) is 3.15. The van der Waals surface area contributed by atoms with Crippen molar-refractivity contribution in [2.45, 2.75) is 39.4 Å². The fraction of sp³-hybridized carbons (Fsp3) is 0.400. The molecule has 8 nitrogen and oxygen atoms in total. The first kappa shape index (κ1) is 22.8. The van der Waals surface area contributed by atoms with Gasteiger partial charge in [0, 0.05) is 38.2 Å². The van der Waals surface area contributed by atoms with E-state index < -0.39 is 0 Å². The number of amides is 1. The minimum absolute atomic E-state index is 0.163. The Balaban J connectivity index is 1.41. The number of ether oxygens (including phenoxy) is 2. The summed E-state index contributed by atoms with van der Waals surface area (Å²) in [4.78, 5) is 15.2. The molecule has 174 valence electrons. The van der Waals surface area contributed by atoms with E-state index in [1.165, 1.54) is 5.56 Å². The van der Waals surface area contributed by atoms with Crippen molar-refractivity contribution < 1.29 is 14.3 Å². The van der Waals surface area contributed by atoms with E-state index in [4.69, 9.17) is 9.47 Å². The number of hydrogen-bond donors (Lipinski definition) is 1. The molecule has 1 N–H and O–H groups in total. The Kier molecular flexibility index (Phi) is 6.93. The number of nitrogens with one attached hydrogen (secondary N) is 1. The number of carbonyl (C=O) groups is 1. The van der Waals surface area contributed by atoms with Gasteiger partial charge in [0.2, 0.25) is 0 Å². The zero-order valence-corrected chi connectivity index (χ0v) is 19.7. The van der Waals surface area contributed by atoms with Gasteiger partial charge in [0.05, 0.1) is 20.3 Å². The van der Waals surface area contributed by atoms with Gasteiger partial charge >= 0.3 is 0 Å². The lowest BCUT2D eigenvalue weighted by Gasteiger charge is -2.21. The molecule has 0 radical (unpaired) electrons. The molecule has 4 rings (SSSR count). The molecule has 0 aliphatic carbocycles. The van der Waals surface area contributed by atoms with Gasteiger partial charge in [-0.1, -0.05) is 18.2 Å². The normalized spacial score (nSPS) is 14.8. The zero-order valence-electron chi connectivity index (χ0n) is 19.7. The first-order chi connectivity index (χ1) is 16.0. The van der Waals surface area contributed by atoms with Crippen LogP contribution in [0.3, 0.4) is 0 Å². The molecule has 1 atom stereocenters. The summed E-state index contributed by atoms with van der Waals surface area (Å²) < 4.78 is 12.7. The van der Waals surface area contributed by atoms with Gasteiger partial charge in [0.25, 0.3) is 5.91 Å². The van der Waals surface area contributed by atoms with E-state index in [1.807, 2.05) is 19.1 Å². The van der Waals surface area contributed by atoms with E-state index >= 15 is 0 Å². The summed E-state index contributed by atoms with van der Waals surface area (Å²) in [5, 5.41) is 11.9. The predicted molar refractivity (Wildman–Crippen MR) is 126 cm³/mol. The van der Waals surface area contributed by atoms with Crippen LogP contribution in [0.25, 0.3) is 0 Å². The second-order valence-corrected chi connectivity index (χ2v) is 8.38. The minimum atomic E-state index is -0.263. The molecule has 33 heavy (non-hydrogen) atoms. The number of carbonyl (C=O) groups excluding carboxylic acids is 1. The average Bonchev–Trinajstić information content (AvgIpc) is 3.13. The molecule has 0 saturated heterocycles. The van der Waals surface area contributed by atoms with E-state index in [2.05, 4.69) is 44.0 Å². The Morgan fingerprint density at radius 2 is 1.94 bits per heavy atom. The van der Waals surface area contributed by atoms with Crippen LogP contribution in [0.4, 0.5) is 0 Å². The largest absolute Gasteiger partial charge is 0.497 e. The second kappa shape index (κ2) is 10.0. The lowest BCUT2D eigenvalue weighted by molar-refractivity contribution is 0.0937. The maximum absolute atomic E-state index is 12.7. The van der Waals surface area contributed by atoms with Gasteiger partial charge in [-0.2, -0.15) is 0 Å². The Bertz CT molecular complexity index is 1130. The molecule has 2 aromatic carbocycles. The van der Waals surface area contributed by atoms with Crippen LogP contribution < -0.4 is 14.8 Å². The summed E-state index contributed by atoms with van der Waals surface area (Å²) in [6.07, 6.45) is 0.818. The molecular weight excluding hydrogens is 418 g/mol. The molecule has 1 amide bonds. The van der Waals surface area contributed by atoms with E-state index in [9.17, 15) is 4.79 Å². The molecule has 3 aromatic rings. The van der Waals surface area contributed by atoms with Gasteiger partial charge in [0.15, 0.2) is 5.82 Å². The highest BCUT2D eigenvalue weighted by Gasteiger charge is 2.23. The van der Waals surface area contributed by atoms with Crippen LogP contribution in [0.15, 0.2) is 42.5 Å². The fourth-order valence-electron chi connectivity index (χ4n) is 4.27. The van der Waals surface area contributed by atoms with Crippen molar-refractivity contribution in [3.8, 4) is 11.5 Å². The van der Waals surface area contributed by atoms with Crippen molar-refractivity contribution >= 4 is 5.91 Å². The summed E-state index contributed by atoms with van der Waals surface area (Å²) in [5.74, 6) is 3.14. The van der Waals surface area contributed by atoms with Crippen LogP contribution in [0.2, 0.25) is 0 Å². The third-order valence-corrected chi connectivity index (χ3v) is 6.08. The average molecular weight is 450 g/mol. The minimum Gasteiger partial charge on any atom is -0.497 e. The summed E-state index contributed by atoms with van der Waals surface area (Å²) in [7, 11) is 3.29. The molecule has 2 heterocycles. The topological polar surface area (TPSA) is 81.5 Å². The first-order valence-corrected chi connectivity index (χ1v) is 11.2. The molecular formula is C25H31N5O3. The van der Waals surface area contributed by atoms with Gasteiger partial charge in [-0.25, -0.2) is 0 Å². The Labute approximate surface area is 194 Å². The highest BCUT2D eigenvalue weighted by atomic mass is 16.5. The zero-order chi connectivity index (χ0) is 23.4. The van der Waals surface area contributed by atoms with Gasteiger partial charge in [-0.3, -0.25) is 9.69 Å². The highest BCUT2D eigenvalue weighted by molar-refractivity contribution is 5.94. The second-order valence-electron chi connectivity index (χ2n) is 8.38. The van der Waals surface area contributed by atoms with E-state index in [1.54, 1.807) is 32.4 Å². The summed E-state index contributed by atoms with van der Waals surface area (Å²) in [6.45, 7) is 7.47. The molecule has 1 aromatic heterocycles. The number of methoxy groups -OCH3 is 2. The maximum Gasteiger partial charge on any atom is 0.251 e. The van der Waals surface area contributed by atoms with Crippen LogP contribution in [0.5, 0.6) is 11.5 Å². The van der Waals surface area contributed by atoms with E-state index in [0.29, 0.717) is 11.3 Å². The summed E-state index contributed by atoms with van der Waals surface area (Å²) in [6, 6.07) is 13.2. The number of fused-ring (bicyclic) bond motifs is 1. The molecule has 8 heteroatoms. The number of benzene rings is 2. The lowest BCUT2D eigenvalue weighted by atomic mass is 10.1. The molecule has 0 saturated carbocycles. The monoisotopic (exact) mass is 449 g/mol. The number of rotatable bonds is 7. The standard InChI is InChI=1S/C25H31N5O3/c1-17-14-19(8-9-22(17)33-4)16-29-11-10-23-27-28-24(30(23)13-12-29)18(2)26-25(31)20-6-5-7-21(15-20)32-3/h5-9,14-15,18H,10-13,16H2,1-4H3,(H,26,31). The molecule has 1 unspecified atom stereocenters. The number of hydrogen-bond acceptors (Lipinski definition) is 6. The number of aromatic nitrogens is 3. The van der Waals surface area contributed by atoms with Crippen molar-refractivity contribution in [1.82, 2.24) is 25.0 Å². The third-order valence-electron chi connectivity index (χ3n) is 6.08. The van der Waals surface area contributed by atoms with Gasteiger partial charge < -0.3 is 19.4 Å². The van der Waals surface area contributed by atoms with Crippen LogP contribution in [0.1, 0.15) is 46.1 Å². The van der Waals surface area contributed by atoms with Crippen LogP contribution in [-0.2, 0) is 19.5 Å². The molecule has 1 aliphatic rings. The van der Waals surface area contributed by atoms with E-state index in [-0.39, 0.29) is 11.9 Å². The molecule has 0 spiro atoms. The molecule has 0 bridgehead atoms. The highest BCUT2D eigenvalue weighted by Crippen LogP contribution is 2.21. The van der Waals surface area contributed by atoms with Gasteiger partial charge in [-0.15, -0.1) is 10.2 Å². The third kappa shape index (κ3) is 5.17. The lowest BCUT2D eigenvalue weighted by Crippen LogP contribution is -2.30. The SMILES string of the molecule is COc1cccc(C(=O)NC(C)c2nnc3n2CCN(Cc2ccc(OC)c(C)c2)CC3)c1. The Morgan fingerprint density at radius 1 is 1.09 bits per heavy atom. The number of aryl methyl sites for hydroxylation is 1. The smallest absolute Gasteiger partial charge is 0.251 e. The van der Waals surface area contributed by atoms with Crippen LogP contribution in [-0.4, -0.2) is 52.9 Å². The molecule has 1 aliphatic heterocycles. The quantitative estimate of drug-likeness (QED) is 0.597. The van der Waals surface area contributed by atoms with Crippen LogP contribution in [0, 0.1) is 6.92 Å². The Hall–Kier alpha value is -3.39. The maximum atomic E-state index is 12.7. The van der Waals surface area contributed by atoms with E-state index in [0.717, 1.165) is 55.6 Å². The van der Waals surface area contributed by atoms with Crippen molar-refractivity contribution in [1.29, 1.82) is 0 Å². The van der Waals surface area contributed by atoms with Crippen molar-refractivity contribution in [2.75, 3.05) is 27.3 Å². The first-order valence-electron chi connectivity index (χ1n) is 11.2. The van der Waals surface area contributed by atoms with Crippen molar-refractivity contribution in [2.24, 2.45) is 0 Å². The van der Waals surface area contributed by atoms with Gasteiger partial charge in [0.1, 0.15) is 17.3 Å². The summed E-state index contributed by atoms with van der Waals surface area (Å²) >= 11 is 0. The van der Waals surface area contributed by atoms with Crippen molar-refractivity contribution in [3.63, 3.8) is 0 Å². The van der Waals surface area contributed by atoms with Gasteiger partial charge in [-0.05, 0) is 49.2 Å². The Morgan fingerprint density at radius 3 is 2.70 bits per heavy atom. The number of nitrogens with zero attached hydrogens (tertiary/aromatic N) is 4. The fourth-order valence-corrected chi connectivity index (χ4v) is 4.27. The summed E-state index contributed by atoms with van der Waals surface area (Å²) in [5.41, 5.74) is 2.97. The van der Waals surface area contributed by atoms with Crippen LogP contribution >= 0.6 is 0 Å². The molecule has 0 fully saturated rings. The van der Waals surface area contributed by atoms with Crippen molar-refractivity contribution in [3.05, 3.63) is 70.8 Å².